The fraction of sp³-hybridized carbons (Fsp3) is 0.462. The molecule has 0 N–H and O–H groups in total. The van der Waals surface area contributed by atoms with Crippen molar-refractivity contribution in [2.45, 2.75) is 37.5 Å². The molecule has 0 aliphatic rings. The minimum Gasteiger partial charge on any atom is -0.466 e. The lowest BCUT2D eigenvalue weighted by Crippen LogP contribution is -2.06. The van der Waals surface area contributed by atoms with Gasteiger partial charge in [-0.2, -0.15) is 0 Å². The number of hydrogen-bond acceptors (Lipinski definition) is 4. The molecule has 0 bridgehead atoms. The number of carbonyl (C=O) groups is 1. The smallest absolute Gasteiger partial charge is 0.306 e. The van der Waals surface area contributed by atoms with E-state index in [1.807, 2.05) is 6.92 Å². The van der Waals surface area contributed by atoms with Gasteiger partial charge in [0.15, 0.2) is 0 Å². The largest absolute Gasteiger partial charge is 0.466 e. The zero-order valence-electron chi connectivity index (χ0n) is 10.8. The lowest BCUT2D eigenvalue weighted by Gasteiger charge is -2.04. The molecule has 0 saturated heterocycles. The third kappa shape index (κ3) is 6.07. The van der Waals surface area contributed by atoms with Gasteiger partial charge in [0.05, 0.1) is 11.5 Å². The molecule has 0 amide bonds. The normalized spacial score (nSPS) is 11.3. The van der Waals surface area contributed by atoms with E-state index in [1.165, 1.54) is 12.1 Å². The highest BCUT2D eigenvalue weighted by Gasteiger charge is 2.09. The Hall–Kier alpha value is -1.07. The zero-order valence-corrected chi connectivity index (χ0v) is 12.3. The summed E-state index contributed by atoms with van der Waals surface area (Å²) in [5.41, 5.74) is 0.872. The summed E-state index contributed by atoms with van der Waals surface area (Å²) in [5, 5.41) is 0. The van der Waals surface area contributed by atoms with E-state index >= 15 is 0 Å². The van der Waals surface area contributed by atoms with Crippen LogP contribution in [0.15, 0.2) is 29.2 Å². The lowest BCUT2D eigenvalue weighted by atomic mass is 10.1. The molecule has 0 aliphatic heterocycles. The van der Waals surface area contributed by atoms with Crippen LogP contribution in [-0.2, 0) is 25.0 Å². The molecule has 4 nitrogen and oxygen atoms in total. The maximum atomic E-state index is 11.4. The van der Waals surface area contributed by atoms with Crippen LogP contribution in [0, 0.1) is 0 Å². The highest BCUT2D eigenvalue weighted by molar-refractivity contribution is 8.13. The average molecular weight is 305 g/mol. The van der Waals surface area contributed by atoms with Crippen LogP contribution in [0.3, 0.4) is 0 Å². The van der Waals surface area contributed by atoms with E-state index < -0.39 is 9.05 Å². The fourth-order valence-corrected chi connectivity index (χ4v) is 2.24. The van der Waals surface area contributed by atoms with Gasteiger partial charge in [0.25, 0.3) is 9.05 Å². The predicted octanol–water partition coefficient (Wildman–Crippen LogP) is 2.89. The van der Waals surface area contributed by atoms with Gasteiger partial charge >= 0.3 is 5.97 Å². The first-order valence-electron chi connectivity index (χ1n) is 6.12. The number of esters is 1. The number of rotatable bonds is 7. The van der Waals surface area contributed by atoms with Crippen molar-refractivity contribution in [3.8, 4) is 0 Å². The Morgan fingerprint density at radius 2 is 1.89 bits per heavy atom. The SMILES string of the molecule is CCCCOC(=O)CCc1ccc(S(=O)(=O)Cl)cc1. The minimum absolute atomic E-state index is 0.0587. The highest BCUT2D eigenvalue weighted by Crippen LogP contribution is 2.16. The maximum Gasteiger partial charge on any atom is 0.306 e. The molecule has 0 atom stereocenters. The van der Waals surface area contributed by atoms with Gasteiger partial charge in [-0.1, -0.05) is 25.5 Å². The molecule has 0 fully saturated rings. The topological polar surface area (TPSA) is 60.4 Å². The molecule has 1 aromatic rings. The second-order valence-corrected chi connectivity index (χ2v) is 6.72. The van der Waals surface area contributed by atoms with E-state index in [2.05, 4.69) is 0 Å². The van der Waals surface area contributed by atoms with Crippen molar-refractivity contribution in [3.05, 3.63) is 29.8 Å². The molecule has 0 radical (unpaired) electrons. The van der Waals surface area contributed by atoms with Crippen molar-refractivity contribution in [1.82, 2.24) is 0 Å². The molecule has 1 aromatic carbocycles. The van der Waals surface area contributed by atoms with Gasteiger partial charge in [0, 0.05) is 17.1 Å². The Labute approximate surface area is 118 Å². The monoisotopic (exact) mass is 304 g/mol. The molecule has 0 spiro atoms. The summed E-state index contributed by atoms with van der Waals surface area (Å²) in [4.78, 5) is 11.4. The van der Waals surface area contributed by atoms with Crippen LogP contribution in [0.1, 0.15) is 31.7 Å². The van der Waals surface area contributed by atoms with E-state index in [0.29, 0.717) is 13.0 Å². The Kier molecular flexibility index (Phi) is 6.31. The third-order valence-electron chi connectivity index (χ3n) is 2.58. The number of unbranched alkanes of at least 4 members (excludes halogenated alkanes) is 1. The summed E-state index contributed by atoms with van der Waals surface area (Å²) in [7, 11) is 1.52. The van der Waals surface area contributed by atoms with E-state index in [0.717, 1.165) is 18.4 Å². The van der Waals surface area contributed by atoms with Crippen LogP contribution in [-0.4, -0.2) is 21.0 Å². The predicted molar refractivity (Wildman–Crippen MR) is 73.7 cm³/mol. The number of ether oxygens (including phenoxy) is 1. The molecular formula is C13H17ClO4S. The van der Waals surface area contributed by atoms with Crippen molar-refractivity contribution >= 4 is 25.7 Å². The van der Waals surface area contributed by atoms with Crippen LogP contribution in [0.2, 0.25) is 0 Å². The Morgan fingerprint density at radius 3 is 2.42 bits per heavy atom. The summed E-state index contributed by atoms with van der Waals surface area (Å²) in [6.45, 7) is 2.49. The van der Waals surface area contributed by atoms with Gasteiger partial charge in [0.1, 0.15) is 0 Å². The molecule has 6 heteroatoms. The minimum atomic E-state index is -3.69. The Bertz CT molecular complexity index is 508. The first kappa shape index (κ1) is 16.0. The van der Waals surface area contributed by atoms with Gasteiger partial charge in [-0.25, -0.2) is 8.42 Å². The van der Waals surface area contributed by atoms with E-state index in [4.69, 9.17) is 15.4 Å². The number of hydrogen-bond donors (Lipinski definition) is 0. The van der Waals surface area contributed by atoms with Crippen molar-refractivity contribution in [1.29, 1.82) is 0 Å². The highest BCUT2D eigenvalue weighted by atomic mass is 35.7. The molecule has 0 saturated carbocycles. The van der Waals surface area contributed by atoms with Crippen LogP contribution in [0.5, 0.6) is 0 Å². The number of halogens is 1. The molecule has 1 rings (SSSR count). The summed E-state index contributed by atoms with van der Waals surface area (Å²) >= 11 is 0. The fourth-order valence-electron chi connectivity index (χ4n) is 1.47. The Morgan fingerprint density at radius 1 is 1.26 bits per heavy atom. The van der Waals surface area contributed by atoms with E-state index in [9.17, 15) is 13.2 Å². The van der Waals surface area contributed by atoms with Gasteiger partial charge in [-0.15, -0.1) is 0 Å². The van der Waals surface area contributed by atoms with Gasteiger partial charge < -0.3 is 4.74 Å². The van der Waals surface area contributed by atoms with E-state index in [1.54, 1.807) is 12.1 Å². The van der Waals surface area contributed by atoms with Crippen molar-refractivity contribution < 1.29 is 17.9 Å². The number of benzene rings is 1. The van der Waals surface area contributed by atoms with Gasteiger partial charge in [0.2, 0.25) is 0 Å². The van der Waals surface area contributed by atoms with Crippen molar-refractivity contribution in [2.24, 2.45) is 0 Å². The van der Waals surface area contributed by atoms with Crippen LogP contribution >= 0.6 is 10.7 Å². The molecule has 0 heterocycles. The standard InChI is InChI=1S/C13H17ClO4S/c1-2-3-10-18-13(15)9-6-11-4-7-12(8-5-11)19(14,16)17/h4-5,7-8H,2-3,6,9-10H2,1H3. The van der Waals surface area contributed by atoms with Crippen LogP contribution in [0.4, 0.5) is 0 Å². The molecule has 0 aliphatic carbocycles. The number of carbonyl (C=O) groups excluding carboxylic acids is 1. The lowest BCUT2D eigenvalue weighted by molar-refractivity contribution is -0.143. The Balaban J connectivity index is 2.44. The number of aryl methyl sites for hydroxylation is 1. The first-order valence-corrected chi connectivity index (χ1v) is 8.43. The van der Waals surface area contributed by atoms with Gasteiger partial charge in [-0.3, -0.25) is 4.79 Å². The van der Waals surface area contributed by atoms with E-state index in [-0.39, 0.29) is 17.3 Å². The maximum absolute atomic E-state index is 11.4. The summed E-state index contributed by atoms with van der Waals surface area (Å²) in [6.07, 6.45) is 2.67. The second kappa shape index (κ2) is 7.50. The quantitative estimate of drug-likeness (QED) is 0.441. The summed E-state index contributed by atoms with van der Waals surface area (Å²) in [6, 6.07) is 6.16. The summed E-state index contributed by atoms with van der Waals surface area (Å²) < 4.78 is 27.1. The molecular weight excluding hydrogens is 288 g/mol. The molecule has 0 unspecified atom stereocenters. The molecule has 19 heavy (non-hydrogen) atoms. The second-order valence-electron chi connectivity index (χ2n) is 4.16. The van der Waals surface area contributed by atoms with Crippen LogP contribution < -0.4 is 0 Å². The summed E-state index contributed by atoms with van der Waals surface area (Å²) in [5.74, 6) is -0.234. The van der Waals surface area contributed by atoms with Crippen molar-refractivity contribution in [2.75, 3.05) is 6.61 Å². The molecule has 106 valence electrons. The molecule has 0 aromatic heterocycles. The third-order valence-corrected chi connectivity index (χ3v) is 3.95. The zero-order chi connectivity index (χ0) is 14.3. The first-order chi connectivity index (χ1) is 8.93. The average Bonchev–Trinajstić information content (AvgIpc) is 2.36. The van der Waals surface area contributed by atoms with Crippen LogP contribution in [0.25, 0.3) is 0 Å². The van der Waals surface area contributed by atoms with Gasteiger partial charge in [-0.05, 0) is 30.5 Å². The van der Waals surface area contributed by atoms with Crippen molar-refractivity contribution in [3.63, 3.8) is 0 Å².